The van der Waals surface area contributed by atoms with Gasteiger partial charge in [-0.15, -0.1) is 0 Å². The molecule has 0 bridgehead atoms. The van der Waals surface area contributed by atoms with Gasteiger partial charge in [0, 0.05) is 6.04 Å². The summed E-state index contributed by atoms with van der Waals surface area (Å²) >= 11 is 0. The van der Waals surface area contributed by atoms with Crippen molar-refractivity contribution < 1.29 is 4.79 Å². The second-order valence-electron chi connectivity index (χ2n) is 6.31. The maximum Gasteiger partial charge on any atom is 0.241 e. The van der Waals surface area contributed by atoms with Gasteiger partial charge in [0.1, 0.15) is 0 Å². The standard InChI is InChI=1S/C18H28N2O/c1-5-15(6-2)20-17(13(3)4)19-16(18(20)21)12-14-10-8-7-9-11-14/h7-11,13,15-17,19H,5-6,12H2,1-4H3. The van der Waals surface area contributed by atoms with Crippen LogP contribution in [0.2, 0.25) is 0 Å². The summed E-state index contributed by atoms with van der Waals surface area (Å²) < 4.78 is 0. The minimum Gasteiger partial charge on any atom is -0.323 e. The van der Waals surface area contributed by atoms with Crippen molar-refractivity contribution in [3.05, 3.63) is 35.9 Å². The van der Waals surface area contributed by atoms with Crippen LogP contribution in [0.1, 0.15) is 46.1 Å². The molecule has 1 aliphatic heterocycles. The second kappa shape index (κ2) is 7.08. The molecular weight excluding hydrogens is 260 g/mol. The van der Waals surface area contributed by atoms with Crippen LogP contribution in [0.5, 0.6) is 0 Å². The number of benzene rings is 1. The first-order chi connectivity index (χ1) is 10.1. The largest absolute Gasteiger partial charge is 0.323 e. The summed E-state index contributed by atoms with van der Waals surface area (Å²) in [5, 5.41) is 3.56. The molecule has 1 aromatic carbocycles. The van der Waals surface area contributed by atoms with E-state index in [0.29, 0.717) is 12.0 Å². The summed E-state index contributed by atoms with van der Waals surface area (Å²) in [6.45, 7) is 8.71. The predicted molar refractivity (Wildman–Crippen MR) is 86.9 cm³/mol. The highest BCUT2D eigenvalue weighted by Crippen LogP contribution is 2.25. The van der Waals surface area contributed by atoms with E-state index in [2.05, 4.69) is 50.0 Å². The van der Waals surface area contributed by atoms with Gasteiger partial charge in [0.15, 0.2) is 0 Å². The number of hydrogen-bond acceptors (Lipinski definition) is 2. The SMILES string of the molecule is CCC(CC)N1C(=O)C(Cc2ccccc2)NC1C(C)C. The van der Waals surface area contributed by atoms with E-state index in [4.69, 9.17) is 0 Å². The highest BCUT2D eigenvalue weighted by molar-refractivity contribution is 5.85. The zero-order valence-corrected chi connectivity index (χ0v) is 13.7. The number of nitrogens with one attached hydrogen (secondary N) is 1. The van der Waals surface area contributed by atoms with Gasteiger partial charge in [-0.3, -0.25) is 10.1 Å². The molecule has 1 N–H and O–H groups in total. The first-order valence-corrected chi connectivity index (χ1v) is 8.20. The highest BCUT2D eigenvalue weighted by Gasteiger charge is 2.42. The molecule has 3 nitrogen and oxygen atoms in total. The molecule has 1 heterocycles. The summed E-state index contributed by atoms with van der Waals surface area (Å²) in [7, 11) is 0. The van der Waals surface area contributed by atoms with Gasteiger partial charge in [-0.2, -0.15) is 0 Å². The third-order valence-corrected chi connectivity index (χ3v) is 4.47. The van der Waals surface area contributed by atoms with E-state index in [9.17, 15) is 4.79 Å². The van der Waals surface area contributed by atoms with Crippen molar-refractivity contribution in [3.8, 4) is 0 Å². The molecular formula is C18H28N2O. The fraction of sp³-hybridized carbons (Fsp3) is 0.611. The Balaban J connectivity index is 2.17. The number of carbonyl (C=O) groups excluding carboxylic acids is 1. The lowest BCUT2D eigenvalue weighted by Gasteiger charge is -2.33. The molecule has 0 aromatic heterocycles. The summed E-state index contributed by atoms with van der Waals surface area (Å²) in [6.07, 6.45) is 2.98. The van der Waals surface area contributed by atoms with Gasteiger partial charge in [0.2, 0.25) is 5.91 Å². The lowest BCUT2D eigenvalue weighted by molar-refractivity contribution is -0.133. The first-order valence-electron chi connectivity index (χ1n) is 8.20. The molecule has 116 valence electrons. The van der Waals surface area contributed by atoms with E-state index in [1.165, 1.54) is 5.56 Å². The average Bonchev–Trinajstić information content (AvgIpc) is 2.80. The third-order valence-electron chi connectivity index (χ3n) is 4.47. The molecule has 2 unspecified atom stereocenters. The number of carbonyl (C=O) groups is 1. The minimum absolute atomic E-state index is 0.0830. The van der Waals surface area contributed by atoms with Crippen LogP contribution in [0.3, 0.4) is 0 Å². The number of nitrogens with zero attached hydrogens (tertiary/aromatic N) is 1. The minimum atomic E-state index is -0.0830. The monoisotopic (exact) mass is 288 g/mol. The molecule has 1 aromatic rings. The third kappa shape index (κ3) is 3.46. The van der Waals surface area contributed by atoms with E-state index in [-0.39, 0.29) is 18.1 Å². The summed E-state index contributed by atoms with van der Waals surface area (Å²) in [5.74, 6) is 0.696. The van der Waals surface area contributed by atoms with Gasteiger partial charge in [-0.05, 0) is 30.7 Å². The fourth-order valence-corrected chi connectivity index (χ4v) is 3.27. The first kappa shape index (κ1) is 16.0. The summed E-state index contributed by atoms with van der Waals surface area (Å²) in [4.78, 5) is 15.0. The normalized spacial score (nSPS) is 22.6. The molecule has 2 atom stereocenters. The Morgan fingerprint density at radius 1 is 1.14 bits per heavy atom. The fourth-order valence-electron chi connectivity index (χ4n) is 3.27. The lowest BCUT2D eigenvalue weighted by Crippen LogP contribution is -2.46. The smallest absolute Gasteiger partial charge is 0.241 e. The molecule has 1 fully saturated rings. The predicted octanol–water partition coefficient (Wildman–Crippen LogP) is 3.20. The van der Waals surface area contributed by atoms with Crippen molar-refractivity contribution in [2.75, 3.05) is 0 Å². The van der Waals surface area contributed by atoms with Gasteiger partial charge < -0.3 is 4.90 Å². The molecule has 1 aliphatic rings. The Labute approximate surface area is 128 Å². The van der Waals surface area contributed by atoms with Crippen molar-refractivity contribution >= 4 is 5.91 Å². The topological polar surface area (TPSA) is 32.3 Å². The Bertz CT molecular complexity index is 454. The van der Waals surface area contributed by atoms with Crippen LogP contribution in [0.25, 0.3) is 0 Å². The van der Waals surface area contributed by atoms with E-state index < -0.39 is 0 Å². The Morgan fingerprint density at radius 2 is 1.76 bits per heavy atom. The van der Waals surface area contributed by atoms with Crippen LogP contribution in [0.4, 0.5) is 0 Å². The molecule has 2 rings (SSSR count). The Morgan fingerprint density at radius 3 is 2.29 bits per heavy atom. The number of amides is 1. The van der Waals surface area contributed by atoms with Crippen molar-refractivity contribution in [3.63, 3.8) is 0 Å². The highest BCUT2D eigenvalue weighted by atomic mass is 16.2. The quantitative estimate of drug-likeness (QED) is 0.872. The molecule has 1 saturated heterocycles. The van der Waals surface area contributed by atoms with Crippen LogP contribution in [-0.4, -0.2) is 29.1 Å². The van der Waals surface area contributed by atoms with Gasteiger partial charge >= 0.3 is 0 Å². The zero-order chi connectivity index (χ0) is 15.4. The molecule has 0 spiro atoms. The molecule has 21 heavy (non-hydrogen) atoms. The van der Waals surface area contributed by atoms with Crippen LogP contribution < -0.4 is 5.32 Å². The van der Waals surface area contributed by atoms with Gasteiger partial charge in [0.05, 0.1) is 12.2 Å². The Hall–Kier alpha value is -1.35. The maximum atomic E-state index is 12.8. The van der Waals surface area contributed by atoms with Crippen LogP contribution >= 0.6 is 0 Å². The summed E-state index contributed by atoms with van der Waals surface area (Å²) in [5.41, 5.74) is 1.22. The lowest BCUT2D eigenvalue weighted by atomic mass is 10.0. The van der Waals surface area contributed by atoms with Crippen molar-refractivity contribution in [1.29, 1.82) is 0 Å². The zero-order valence-electron chi connectivity index (χ0n) is 13.7. The maximum absolute atomic E-state index is 12.8. The molecule has 0 saturated carbocycles. The Kier molecular flexibility index (Phi) is 5.40. The van der Waals surface area contributed by atoms with Crippen molar-refractivity contribution in [1.82, 2.24) is 10.2 Å². The second-order valence-corrected chi connectivity index (χ2v) is 6.31. The molecule has 3 heteroatoms. The van der Waals surface area contributed by atoms with Crippen molar-refractivity contribution in [2.24, 2.45) is 5.92 Å². The molecule has 0 aliphatic carbocycles. The van der Waals surface area contributed by atoms with Crippen LogP contribution in [-0.2, 0) is 11.2 Å². The van der Waals surface area contributed by atoms with E-state index >= 15 is 0 Å². The van der Waals surface area contributed by atoms with Gasteiger partial charge in [-0.25, -0.2) is 0 Å². The number of hydrogen-bond donors (Lipinski definition) is 1. The van der Waals surface area contributed by atoms with E-state index in [1.807, 2.05) is 18.2 Å². The van der Waals surface area contributed by atoms with Gasteiger partial charge in [0.25, 0.3) is 0 Å². The van der Waals surface area contributed by atoms with E-state index in [1.54, 1.807) is 0 Å². The van der Waals surface area contributed by atoms with E-state index in [0.717, 1.165) is 19.3 Å². The van der Waals surface area contributed by atoms with Crippen molar-refractivity contribution in [2.45, 2.75) is 65.2 Å². The van der Waals surface area contributed by atoms with Crippen LogP contribution in [0, 0.1) is 5.92 Å². The van der Waals surface area contributed by atoms with Crippen LogP contribution in [0.15, 0.2) is 30.3 Å². The molecule has 0 radical (unpaired) electrons. The number of rotatable bonds is 6. The molecule has 1 amide bonds. The summed E-state index contributed by atoms with van der Waals surface area (Å²) in [6, 6.07) is 10.5. The average molecular weight is 288 g/mol. The van der Waals surface area contributed by atoms with Gasteiger partial charge in [-0.1, -0.05) is 58.0 Å².